The number of halogens is 2. The molecule has 198 valence electrons. The summed E-state index contributed by atoms with van der Waals surface area (Å²) in [6.45, 7) is 5.16. The second-order valence-electron chi connectivity index (χ2n) is 9.31. The maximum absolute atomic E-state index is 14.2. The molecule has 3 aromatic rings. The Morgan fingerprint density at radius 3 is 2.16 bits per heavy atom. The topological polar surface area (TPSA) is 114 Å². The molecule has 0 saturated carbocycles. The molecule has 8 nitrogen and oxygen atoms in total. The van der Waals surface area contributed by atoms with Crippen LogP contribution in [0.5, 0.6) is 0 Å². The van der Waals surface area contributed by atoms with Gasteiger partial charge in [0.2, 0.25) is 5.91 Å². The Balaban J connectivity index is 1.81. The molecule has 0 bridgehead atoms. The zero-order valence-corrected chi connectivity index (χ0v) is 21.8. The fourth-order valence-electron chi connectivity index (χ4n) is 3.39. The van der Waals surface area contributed by atoms with Crippen LogP contribution in [0.25, 0.3) is 0 Å². The van der Waals surface area contributed by atoms with Crippen molar-refractivity contribution in [3.63, 3.8) is 0 Å². The van der Waals surface area contributed by atoms with E-state index in [0.717, 1.165) is 0 Å². The number of carbonyl (C=O) groups excluding carboxylic acids is 4. The van der Waals surface area contributed by atoms with Gasteiger partial charge < -0.3 is 20.7 Å². The third-order valence-corrected chi connectivity index (χ3v) is 5.41. The highest BCUT2D eigenvalue weighted by atomic mass is 35.5. The van der Waals surface area contributed by atoms with E-state index in [1.54, 1.807) is 63.2 Å². The first-order chi connectivity index (χ1) is 17.9. The van der Waals surface area contributed by atoms with Gasteiger partial charge in [0.15, 0.2) is 5.82 Å². The van der Waals surface area contributed by atoms with E-state index in [1.807, 2.05) is 0 Å². The lowest BCUT2D eigenvalue weighted by Crippen LogP contribution is -2.49. The Bertz CT molecular complexity index is 1340. The van der Waals surface area contributed by atoms with Crippen LogP contribution in [0.2, 0.25) is 5.02 Å². The molecule has 0 fully saturated rings. The Labute approximate surface area is 224 Å². The van der Waals surface area contributed by atoms with Crippen LogP contribution in [0.3, 0.4) is 0 Å². The zero-order valence-electron chi connectivity index (χ0n) is 21.0. The molecule has 10 heteroatoms. The predicted octanol–water partition coefficient (Wildman–Crippen LogP) is 4.74. The van der Waals surface area contributed by atoms with Crippen molar-refractivity contribution < 1.29 is 28.3 Å². The molecule has 1 unspecified atom stereocenters. The van der Waals surface area contributed by atoms with Gasteiger partial charge in [-0.3, -0.25) is 14.4 Å². The summed E-state index contributed by atoms with van der Waals surface area (Å²) in [5.41, 5.74) is -0.0460. The summed E-state index contributed by atoms with van der Waals surface area (Å²) in [7, 11) is 0. The zero-order chi connectivity index (χ0) is 27.9. The average Bonchev–Trinajstić information content (AvgIpc) is 2.86. The van der Waals surface area contributed by atoms with Crippen molar-refractivity contribution >= 4 is 46.7 Å². The van der Waals surface area contributed by atoms with Crippen LogP contribution >= 0.6 is 11.6 Å². The summed E-state index contributed by atoms with van der Waals surface area (Å²) in [4.78, 5) is 51.2. The number of nitrogens with one attached hydrogen (secondary N) is 3. The number of hydrogen-bond donors (Lipinski definition) is 3. The number of ether oxygens (including phenoxy) is 1. The van der Waals surface area contributed by atoms with Crippen LogP contribution in [-0.2, 0) is 25.5 Å². The van der Waals surface area contributed by atoms with Crippen LogP contribution in [-0.4, -0.2) is 35.3 Å². The molecule has 0 radical (unpaired) electrons. The normalized spacial score (nSPS) is 11.7. The standard InChI is InChI=1S/C28H27ClFN3O5/c1-28(2,3)38-27(37)18-12-7-8-14-20(18)31-24(34)22(16-17-10-5-4-6-11-17)33-26(36)25(35)32-21-15-9-13-19(29)23(21)30/h4-15,22H,16H2,1-3H3,(H,31,34)(H,32,35)(H,33,36). The van der Waals surface area contributed by atoms with Crippen LogP contribution < -0.4 is 16.0 Å². The molecule has 3 rings (SSSR count). The largest absolute Gasteiger partial charge is 0.456 e. The summed E-state index contributed by atoms with van der Waals surface area (Å²) >= 11 is 5.73. The molecule has 38 heavy (non-hydrogen) atoms. The van der Waals surface area contributed by atoms with Gasteiger partial charge in [-0.25, -0.2) is 9.18 Å². The molecule has 0 saturated heterocycles. The van der Waals surface area contributed by atoms with Gasteiger partial charge in [0.05, 0.1) is 22.0 Å². The van der Waals surface area contributed by atoms with Crippen molar-refractivity contribution in [1.29, 1.82) is 0 Å². The van der Waals surface area contributed by atoms with Gasteiger partial charge in [-0.05, 0) is 50.6 Å². The highest BCUT2D eigenvalue weighted by Crippen LogP contribution is 2.22. The van der Waals surface area contributed by atoms with E-state index in [-0.39, 0.29) is 28.4 Å². The molecule has 3 aromatic carbocycles. The van der Waals surface area contributed by atoms with Gasteiger partial charge in [0.25, 0.3) is 0 Å². The van der Waals surface area contributed by atoms with E-state index >= 15 is 0 Å². The maximum Gasteiger partial charge on any atom is 0.340 e. The lowest BCUT2D eigenvalue weighted by atomic mass is 10.0. The lowest BCUT2D eigenvalue weighted by Gasteiger charge is -2.22. The monoisotopic (exact) mass is 539 g/mol. The van der Waals surface area contributed by atoms with E-state index in [9.17, 15) is 23.6 Å². The first-order valence-electron chi connectivity index (χ1n) is 11.7. The average molecular weight is 540 g/mol. The minimum Gasteiger partial charge on any atom is -0.456 e. The predicted molar refractivity (Wildman–Crippen MR) is 142 cm³/mol. The summed E-state index contributed by atoms with van der Waals surface area (Å²) in [5.74, 6) is -4.57. The van der Waals surface area contributed by atoms with Gasteiger partial charge in [-0.1, -0.05) is 60.1 Å². The molecule has 0 spiro atoms. The van der Waals surface area contributed by atoms with Crippen molar-refractivity contribution in [2.45, 2.75) is 38.8 Å². The summed E-state index contributed by atoms with van der Waals surface area (Å²) in [5, 5.41) is 6.96. The summed E-state index contributed by atoms with van der Waals surface area (Å²) < 4.78 is 19.6. The second kappa shape index (κ2) is 12.3. The molecule has 0 aliphatic rings. The minimum atomic E-state index is -1.22. The van der Waals surface area contributed by atoms with Crippen LogP contribution in [0.4, 0.5) is 15.8 Å². The van der Waals surface area contributed by atoms with Crippen molar-refractivity contribution in [1.82, 2.24) is 5.32 Å². The third-order valence-electron chi connectivity index (χ3n) is 5.11. The van der Waals surface area contributed by atoms with Crippen LogP contribution in [0, 0.1) is 5.82 Å². The van der Waals surface area contributed by atoms with Crippen molar-refractivity contribution in [3.05, 3.63) is 94.8 Å². The fourth-order valence-corrected chi connectivity index (χ4v) is 3.56. The third kappa shape index (κ3) is 7.88. The summed E-state index contributed by atoms with van der Waals surface area (Å²) in [6.07, 6.45) is 0.0336. The first-order valence-corrected chi connectivity index (χ1v) is 12.1. The number of carbonyl (C=O) groups is 4. The Hall–Kier alpha value is -4.24. The van der Waals surface area contributed by atoms with E-state index in [1.165, 1.54) is 30.3 Å². The number of esters is 1. The summed E-state index contributed by atoms with van der Waals surface area (Å²) in [6, 6.07) is 17.8. The molecular formula is C28H27ClFN3O5. The van der Waals surface area contributed by atoms with Gasteiger partial charge in [-0.15, -0.1) is 0 Å². The molecule has 0 aromatic heterocycles. The highest BCUT2D eigenvalue weighted by molar-refractivity contribution is 6.40. The molecule has 3 N–H and O–H groups in total. The fraction of sp³-hybridized carbons (Fsp3) is 0.214. The van der Waals surface area contributed by atoms with Crippen molar-refractivity contribution in [3.8, 4) is 0 Å². The number of amides is 3. The lowest BCUT2D eigenvalue weighted by molar-refractivity contribution is -0.137. The second-order valence-corrected chi connectivity index (χ2v) is 9.72. The molecular weight excluding hydrogens is 513 g/mol. The Kier molecular flexibility index (Phi) is 9.20. The van der Waals surface area contributed by atoms with Crippen molar-refractivity contribution in [2.24, 2.45) is 0 Å². The maximum atomic E-state index is 14.2. The first kappa shape index (κ1) is 28.3. The van der Waals surface area contributed by atoms with Crippen LogP contribution in [0.15, 0.2) is 72.8 Å². The van der Waals surface area contributed by atoms with Gasteiger partial charge in [-0.2, -0.15) is 0 Å². The van der Waals surface area contributed by atoms with Gasteiger partial charge >= 0.3 is 17.8 Å². The van der Waals surface area contributed by atoms with E-state index < -0.39 is 41.2 Å². The molecule has 0 aliphatic carbocycles. The number of anilines is 2. The number of para-hydroxylation sites is 1. The van der Waals surface area contributed by atoms with Gasteiger partial charge in [0, 0.05) is 6.42 Å². The van der Waals surface area contributed by atoms with Gasteiger partial charge in [0.1, 0.15) is 11.6 Å². The Morgan fingerprint density at radius 2 is 1.47 bits per heavy atom. The number of rotatable bonds is 7. The number of hydrogen-bond acceptors (Lipinski definition) is 5. The van der Waals surface area contributed by atoms with E-state index in [0.29, 0.717) is 5.56 Å². The molecule has 0 heterocycles. The van der Waals surface area contributed by atoms with Crippen LogP contribution in [0.1, 0.15) is 36.7 Å². The quantitative estimate of drug-likeness (QED) is 0.296. The SMILES string of the molecule is CC(C)(C)OC(=O)c1ccccc1NC(=O)C(Cc1ccccc1)NC(=O)C(=O)Nc1cccc(Cl)c1F. The highest BCUT2D eigenvalue weighted by Gasteiger charge is 2.27. The Morgan fingerprint density at radius 1 is 0.842 bits per heavy atom. The smallest absolute Gasteiger partial charge is 0.340 e. The molecule has 3 amide bonds. The van der Waals surface area contributed by atoms with E-state index in [2.05, 4.69) is 16.0 Å². The van der Waals surface area contributed by atoms with E-state index in [4.69, 9.17) is 16.3 Å². The molecule has 1 atom stereocenters. The number of benzene rings is 3. The molecule has 0 aliphatic heterocycles. The minimum absolute atomic E-state index is 0.0336. The van der Waals surface area contributed by atoms with Crippen molar-refractivity contribution in [2.75, 3.05) is 10.6 Å².